The van der Waals surface area contributed by atoms with Crippen molar-refractivity contribution in [1.82, 2.24) is 10.3 Å². The normalized spacial score (nSPS) is 21.3. The van der Waals surface area contributed by atoms with Crippen molar-refractivity contribution in [2.45, 2.75) is 25.4 Å². The van der Waals surface area contributed by atoms with Gasteiger partial charge in [-0.1, -0.05) is 0 Å². The molecule has 0 aromatic carbocycles. The van der Waals surface area contributed by atoms with Gasteiger partial charge in [-0.25, -0.2) is 9.37 Å². The number of piperidine rings is 1. The van der Waals surface area contributed by atoms with E-state index in [1.54, 1.807) is 7.05 Å². The van der Waals surface area contributed by atoms with E-state index in [2.05, 4.69) is 15.3 Å². The van der Waals surface area contributed by atoms with E-state index in [0.717, 1.165) is 12.8 Å². The highest BCUT2D eigenvalue weighted by molar-refractivity contribution is 6.14. The number of rotatable bonds is 3. The van der Waals surface area contributed by atoms with Crippen LogP contribution in [0.2, 0.25) is 0 Å². The highest BCUT2D eigenvalue weighted by atomic mass is 19.1. The summed E-state index contributed by atoms with van der Waals surface area (Å²) in [6, 6.07) is -0.0156. The quantitative estimate of drug-likeness (QED) is 0.694. The molecule has 0 unspecified atom stereocenters. The van der Waals surface area contributed by atoms with E-state index < -0.39 is 5.82 Å². The van der Waals surface area contributed by atoms with Gasteiger partial charge in [0.05, 0.1) is 11.3 Å². The number of hydrogen-bond donors (Lipinski definition) is 3. The van der Waals surface area contributed by atoms with Gasteiger partial charge in [-0.05, 0) is 12.8 Å². The largest absolute Gasteiger partial charge is 0.404 e. The molecule has 1 amide bonds. The number of amides is 1. The number of halogens is 1. The molecule has 128 valence electrons. The summed E-state index contributed by atoms with van der Waals surface area (Å²) in [5.74, 6) is -0.595. The van der Waals surface area contributed by atoms with Crippen LogP contribution in [0.25, 0.3) is 5.57 Å². The third-order valence-corrected chi connectivity index (χ3v) is 4.35. The number of aliphatic imine (C=N–C) groups is 1. The lowest BCUT2D eigenvalue weighted by atomic mass is 10.0. The van der Waals surface area contributed by atoms with Crippen LogP contribution >= 0.6 is 0 Å². The molecular weight excluding hydrogens is 311 g/mol. The smallest absolute Gasteiger partial charge is 0.254 e. The van der Waals surface area contributed by atoms with Crippen LogP contribution in [-0.4, -0.2) is 43.3 Å². The van der Waals surface area contributed by atoms with Gasteiger partial charge in [-0.3, -0.25) is 9.79 Å². The van der Waals surface area contributed by atoms with Gasteiger partial charge < -0.3 is 21.7 Å². The second-order valence-corrected chi connectivity index (χ2v) is 5.99. The Kier molecular flexibility index (Phi) is 4.48. The number of allylic oxidation sites excluding steroid dienone is 1. The fraction of sp³-hybridized carbons (Fsp3) is 0.438. The number of hydrogen-bond acceptors (Lipinski definition) is 6. The van der Waals surface area contributed by atoms with Gasteiger partial charge in [0.1, 0.15) is 0 Å². The molecule has 1 saturated heterocycles. The topological polar surface area (TPSA) is 110 Å². The molecule has 1 aromatic rings. The number of carbonyl (C=O) groups excluding carboxylic acids is 1. The summed E-state index contributed by atoms with van der Waals surface area (Å²) in [6.07, 6.45) is 4.62. The summed E-state index contributed by atoms with van der Waals surface area (Å²) in [5.41, 5.74) is 13.1. The van der Waals surface area contributed by atoms with E-state index in [1.165, 1.54) is 12.4 Å². The van der Waals surface area contributed by atoms with Crippen LogP contribution in [0, 0.1) is 5.82 Å². The molecule has 5 N–H and O–H groups in total. The molecule has 0 aliphatic carbocycles. The number of fused-ring (bicyclic) bond motifs is 1. The highest BCUT2D eigenvalue weighted by Crippen LogP contribution is 2.32. The Morgan fingerprint density at radius 2 is 2.33 bits per heavy atom. The molecule has 1 atom stereocenters. The average Bonchev–Trinajstić information content (AvgIpc) is 2.96. The molecule has 2 aliphatic heterocycles. The molecule has 1 fully saturated rings. The van der Waals surface area contributed by atoms with Crippen molar-refractivity contribution >= 4 is 23.5 Å². The van der Waals surface area contributed by atoms with Crippen LogP contribution < -0.4 is 21.7 Å². The number of carbonyl (C=O) groups is 1. The van der Waals surface area contributed by atoms with Crippen molar-refractivity contribution in [2.75, 3.05) is 25.0 Å². The maximum Gasteiger partial charge on any atom is 0.254 e. The predicted octanol–water partition coefficient (Wildman–Crippen LogP) is 0.392. The third-order valence-electron chi connectivity index (χ3n) is 4.35. The van der Waals surface area contributed by atoms with Gasteiger partial charge in [-0.15, -0.1) is 0 Å². The maximum absolute atomic E-state index is 15.0. The third kappa shape index (κ3) is 2.73. The van der Waals surface area contributed by atoms with Gasteiger partial charge in [0.25, 0.3) is 5.91 Å². The number of aromatic nitrogens is 1. The Morgan fingerprint density at radius 3 is 3.00 bits per heavy atom. The first-order valence-corrected chi connectivity index (χ1v) is 7.92. The van der Waals surface area contributed by atoms with Gasteiger partial charge in [0.2, 0.25) is 0 Å². The number of nitrogens with two attached hydrogens (primary N) is 2. The van der Waals surface area contributed by atoms with Crippen LogP contribution in [0.3, 0.4) is 0 Å². The minimum atomic E-state index is -0.467. The Balaban J connectivity index is 2.16. The first-order chi connectivity index (χ1) is 11.6. The van der Waals surface area contributed by atoms with Crippen molar-refractivity contribution in [2.24, 2.45) is 16.5 Å². The Bertz CT molecular complexity index is 730. The van der Waals surface area contributed by atoms with Crippen molar-refractivity contribution in [3.8, 4) is 0 Å². The van der Waals surface area contributed by atoms with Gasteiger partial charge in [0, 0.05) is 56.3 Å². The van der Waals surface area contributed by atoms with E-state index in [0.29, 0.717) is 29.9 Å². The van der Waals surface area contributed by atoms with Gasteiger partial charge in [-0.2, -0.15) is 0 Å². The molecule has 3 heterocycles. The average molecular weight is 332 g/mol. The first kappa shape index (κ1) is 16.4. The number of nitrogens with one attached hydrogen (secondary N) is 1. The molecule has 3 rings (SSSR count). The number of anilines is 1. The zero-order valence-electron chi connectivity index (χ0n) is 13.6. The van der Waals surface area contributed by atoms with Crippen LogP contribution in [0.15, 0.2) is 11.2 Å². The minimum absolute atomic E-state index is 0.0156. The summed E-state index contributed by atoms with van der Waals surface area (Å²) in [6.45, 7) is 1.36. The Labute approximate surface area is 139 Å². The summed E-state index contributed by atoms with van der Waals surface area (Å²) in [5, 5.41) is 2.65. The Hall–Kier alpha value is -2.48. The van der Waals surface area contributed by atoms with E-state index in [4.69, 9.17) is 11.5 Å². The summed E-state index contributed by atoms with van der Waals surface area (Å²) >= 11 is 0. The molecule has 24 heavy (non-hydrogen) atoms. The van der Waals surface area contributed by atoms with Crippen molar-refractivity contribution < 1.29 is 9.18 Å². The Morgan fingerprint density at radius 1 is 1.54 bits per heavy atom. The SMILES string of the molecule is CN=CC(=CN)c1nc(N2CCC[C@H](N)C2)c(F)c2c1C(=O)NC2. The lowest BCUT2D eigenvalue weighted by Crippen LogP contribution is -2.43. The standard InChI is InChI=1S/C16H21FN6O/c1-20-6-9(5-18)14-12-11(7-21-16(12)24)13(17)15(22-14)23-4-2-3-10(19)8-23/h5-6,10H,2-4,7-8,18-19H2,1H3,(H,21,24)/t10-/m0/s1. The maximum atomic E-state index is 15.0. The number of pyridine rings is 1. The van der Waals surface area contributed by atoms with Crippen molar-refractivity contribution in [3.05, 3.63) is 28.8 Å². The van der Waals surface area contributed by atoms with Crippen LogP contribution in [0.5, 0.6) is 0 Å². The predicted molar refractivity (Wildman–Crippen MR) is 91.4 cm³/mol. The van der Waals surface area contributed by atoms with E-state index in [-0.39, 0.29) is 29.9 Å². The van der Waals surface area contributed by atoms with E-state index in [1.807, 2.05) is 4.90 Å². The van der Waals surface area contributed by atoms with Crippen LogP contribution in [-0.2, 0) is 6.54 Å². The summed E-state index contributed by atoms with van der Waals surface area (Å²) in [4.78, 5) is 22.4. The van der Waals surface area contributed by atoms with Crippen LogP contribution in [0.1, 0.15) is 34.5 Å². The summed E-state index contributed by atoms with van der Waals surface area (Å²) in [7, 11) is 1.60. The molecule has 0 bridgehead atoms. The monoisotopic (exact) mass is 332 g/mol. The fourth-order valence-corrected chi connectivity index (χ4v) is 3.21. The van der Waals surface area contributed by atoms with Crippen molar-refractivity contribution in [1.29, 1.82) is 0 Å². The van der Waals surface area contributed by atoms with E-state index >= 15 is 0 Å². The second-order valence-electron chi connectivity index (χ2n) is 5.99. The fourth-order valence-electron chi connectivity index (χ4n) is 3.21. The van der Waals surface area contributed by atoms with Crippen LogP contribution in [0.4, 0.5) is 10.2 Å². The first-order valence-electron chi connectivity index (χ1n) is 7.92. The molecule has 0 saturated carbocycles. The second kappa shape index (κ2) is 6.56. The molecule has 7 nitrogen and oxygen atoms in total. The van der Waals surface area contributed by atoms with Gasteiger partial charge in [0.15, 0.2) is 11.6 Å². The lowest BCUT2D eigenvalue weighted by Gasteiger charge is -2.32. The molecule has 2 aliphatic rings. The molecular formula is C16H21FN6O. The van der Waals surface area contributed by atoms with Gasteiger partial charge >= 0.3 is 0 Å². The highest BCUT2D eigenvalue weighted by Gasteiger charge is 2.32. The lowest BCUT2D eigenvalue weighted by molar-refractivity contribution is 0.0965. The molecule has 0 spiro atoms. The van der Waals surface area contributed by atoms with Crippen molar-refractivity contribution in [3.63, 3.8) is 0 Å². The number of nitrogens with zero attached hydrogens (tertiary/aromatic N) is 3. The zero-order valence-corrected chi connectivity index (χ0v) is 13.6. The zero-order chi connectivity index (χ0) is 17.3. The molecule has 8 heteroatoms. The molecule has 1 aromatic heterocycles. The molecule has 0 radical (unpaired) electrons. The summed E-state index contributed by atoms with van der Waals surface area (Å²) < 4.78 is 15.0. The van der Waals surface area contributed by atoms with E-state index in [9.17, 15) is 9.18 Å². The minimum Gasteiger partial charge on any atom is -0.404 e.